The molecular weight excluding hydrogens is 174 g/mol. The van der Waals surface area contributed by atoms with Gasteiger partial charge in [-0.3, -0.25) is 0 Å². The van der Waals surface area contributed by atoms with Gasteiger partial charge in [-0.15, -0.1) is 0 Å². The summed E-state index contributed by atoms with van der Waals surface area (Å²) in [4.78, 5) is 0. The largest absolute Gasteiger partial charge is 0.381 e. The third-order valence-electron chi connectivity index (χ3n) is 2.58. The van der Waals surface area contributed by atoms with Crippen molar-refractivity contribution in [1.82, 2.24) is 5.32 Å². The minimum absolute atomic E-state index is 0.497. The molecule has 1 aliphatic heterocycles. The Balaban J connectivity index is 2.16. The molecule has 1 rings (SSSR count). The third-order valence-corrected chi connectivity index (χ3v) is 2.58. The molecule has 1 fully saturated rings. The van der Waals surface area contributed by atoms with Crippen molar-refractivity contribution in [2.45, 2.75) is 39.2 Å². The molecule has 2 nitrogen and oxygen atoms in total. The fourth-order valence-electron chi connectivity index (χ4n) is 1.68. The molecule has 2 heteroatoms. The summed E-state index contributed by atoms with van der Waals surface area (Å²) in [7, 11) is 0. The van der Waals surface area contributed by atoms with Crippen molar-refractivity contribution in [2.75, 3.05) is 19.8 Å². The first-order valence-electron chi connectivity index (χ1n) is 5.82. The molecule has 1 heterocycles. The fraction of sp³-hybridized carbons (Fsp3) is 0.833. The average Bonchev–Trinajstić information content (AvgIpc) is 2.25. The van der Waals surface area contributed by atoms with Gasteiger partial charge in [-0.2, -0.15) is 0 Å². The summed E-state index contributed by atoms with van der Waals surface area (Å²) < 4.78 is 5.42. The highest BCUT2D eigenvalue weighted by Gasteiger charge is 2.10. The van der Waals surface area contributed by atoms with E-state index >= 15 is 0 Å². The number of nitrogens with one attached hydrogen (secondary N) is 1. The monoisotopic (exact) mass is 197 g/mol. The van der Waals surface area contributed by atoms with E-state index in [1.165, 1.54) is 19.3 Å². The Hall–Kier alpha value is -0.340. The second-order valence-electron chi connectivity index (χ2n) is 4.10. The Morgan fingerprint density at radius 2 is 2.43 bits per heavy atom. The number of ether oxygens (including phenoxy) is 1. The highest BCUT2D eigenvalue weighted by molar-refractivity contribution is 4.95. The first-order chi connectivity index (χ1) is 6.83. The van der Waals surface area contributed by atoms with Gasteiger partial charge in [-0.25, -0.2) is 0 Å². The van der Waals surface area contributed by atoms with Gasteiger partial charge in [-0.1, -0.05) is 19.1 Å². The van der Waals surface area contributed by atoms with Crippen LogP contribution in [0.2, 0.25) is 0 Å². The first-order valence-corrected chi connectivity index (χ1v) is 5.82. The van der Waals surface area contributed by atoms with Crippen LogP contribution in [0.1, 0.15) is 33.1 Å². The van der Waals surface area contributed by atoms with Crippen molar-refractivity contribution >= 4 is 0 Å². The quantitative estimate of drug-likeness (QED) is 0.683. The molecule has 0 saturated carbocycles. The molecule has 2 atom stereocenters. The van der Waals surface area contributed by atoms with Crippen LogP contribution in [0.25, 0.3) is 0 Å². The van der Waals surface area contributed by atoms with E-state index in [-0.39, 0.29) is 0 Å². The van der Waals surface area contributed by atoms with Gasteiger partial charge < -0.3 is 10.1 Å². The lowest BCUT2D eigenvalue weighted by molar-refractivity contribution is 0.0709. The van der Waals surface area contributed by atoms with Gasteiger partial charge in [0.05, 0.1) is 6.61 Å². The zero-order chi connectivity index (χ0) is 10.2. The lowest BCUT2D eigenvalue weighted by atomic mass is 10.0. The molecule has 0 spiro atoms. The molecule has 0 aromatic heterocycles. The number of hydrogen-bond acceptors (Lipinski definition) is 2. The van der Waals surface area contributed by atoms with Crippen LogP contribution < -0.4 is 5.32 Å². The smallest absolute Gasteiger partial charge is 0.0528 e. The van der Waals surface area contributed by atoms with Crippen LogP contribution in [0.4, 0.5) is 0 Å². The molecule has 1 aliphatic rings. The second-order valence-corrected chi connectivity index (χ2v) is 4.10. The average molecular weight is 197 g/mol. The van der Waals surface area contributed by atoms with Crippen LogP contribution >= 0.6 is 0 Å². The number of rotatable bonds is 5. The van der Waals surface area contributed by atoms with Crippen LogP contribution in [0, 0.1) is 5.92 Å². The lowest BCUT2D eigenvalue weighted by Crippen LogP contribution is -2.25. The summed E-state index contributed by atoms with van der Waals surface area (Å²) in [6.07, 6.45) is 8.29. The summed E-state index contributed by atoms with van der Waals surface area (Å²) in [5, 5.41) is 3.44. The molecule has 0 amide bonds. The van der Waals surface area contributed by atoms with E-state index in [2.05, 4.69) is 31.3 Å². The van der Waals surface area contributed by atoms with E-state index < -0.39 is 0 Å². The van der Waals surface area contributed by atoms with Gasteiger partial charge in [0.15, 0.2) is 0 Å². The van der Waals surface area contributed by atoms with E-state index in [1.807, 2.05) is 0 Å². The predicted molar refractivity (Wildman–Crippen MR) is 60.4 cm³/mol. The van der Waals surface area contributed by atoms with Crippen molar-refractivity contribution in [1.29, 1.82) is 0 Å². The molecule has 0 aromatic carbocycles. The highest BCUT2D eigenvalue weighted by Crippen LogP contribution is 2.14. The van der Waals surface area contributed by atoms with Gasteiger partial charge in [0, 0.05) is 18.6 Å². The zero-order valence-corrected chi connectivity index (χ0v) is 9.46. The maximum Gasteiger partial charge on any atom is 0.0528 e. The van der Waals surface area contributed by atoms with Gasteiger partial charge in [0.1, 0.15) is 0 Å². The van der Waals surface area contributed by atoms with Crippen molar-refractivity contribution in [3.63, 3.8) is 0 Å². The Bertz CT molecular complexity index is 162. The van der Waals surface area contributed by atoms with Gasteiger partial charge in [0.25, 0.3) is 0 Å². The van der Waals surface area contributed by atoms with E-state index in [0.29, 0.717) is 12.0 Å². The fourth-order valence-corrected chi connectivity index (χ4v) is 1.68. The van der Waals surface area contributed by atoms with Crippen LogP contribution in [0.3, 0.4) is 0 Å². The number of hydrogen-bond donors (Lipinski definition) is 1. The molecule has 0 aliphatic carbocycles. The Kier molecular flexibility index (Phi) is 5.88. The minimum atomic E-state index is 0.497. The summed E-state index contributed by atoms with van der Waals surface area (Å²) in [6.45, 7) is 7.37. The molecule has 14 heavy (non-hydrogen) atoms. The van der Waals surface area contributed by atoms with Crippen molar-refractivity contribution in [3.8, 4) is 0 Å². The van der Waals surface area contributed by atoms with Gasteiger partial charge in [-0.05, 0) is 32.7 Å². The standard InChI is InChI=1S/C12H23NO/c1-3-8-13-11(2)6-7-12-5-4-9-14-10-12/h6-7,11-13H,3-5,8-10H2,1-2H3/b7-6+. The normalized spacial score (nSPS) is 25.4. The third kappa shape index (κ3) is 4.77. The van der Waals surface area contributed by atoms with Crippen molar-refractivity contribution in [2.24, 2.45) is 5.92 Å². The maximum atomic E-state index is 5.42. The Labute approximate surface area is 87.7 Å². The summed E-state index contributed by atoms with van der Waals surface area (Å²) in [5.41, 5.74) is 0. The van der Waals surface area contributed by atoms with Crippen LogP contribution in [-0.4, -0.2) is 25.8 Å². The molecule has 0 bridgehead atoms. The molecule has 1 N–H and O–H groups in total. The zero-order valence-electron chi connectivity index (χ0n) is 9.46. The second kappa shape index (κ2) is 7.02. The highest BCUT2D eigenvalue weighted by atomic mass is 16.5. The Morgan fingerprint density at radius 3 is 3.07 bits per heavy atom. The molecule has 1 saturated heterocycles. The van der Waals surface area contributed by atoms with Crippen LogP contribution in [-0.2, 0) is 4.74 Å². The maximum absolute atomic E-state index is 5.42. The van der Waals surface area contributed by atoms with E-state index in [0.717, 1.165) is 19.8 Å². The van der Waals surface area contributed by atoms with E-state index in [1.54, 1.807) is 0 Å². The molecule has 0 radical (unpaired) electrons. The van der Waals surface area contributed by atoms with Gasteiger partial charge >= 0.3 is 0 Å². The van der Waals surface area contributed by atoms with Crippen LogP contribution in [0.15, 0.2) is 12.2 Å². The van der Waals surface area contributed by atoms with Crippen LogP contribution in [0.5, 0.6) is 0 Å². The van der Waals surface area contributed by atoms with E-state index in [9.17, 15) is 0 Å². The first kappa shape index (κ1) is 11.7. The van der Waals surface area contributed by atoms with E-state index in [4.69, 9.17) is 4.74 Å². The summed E-state index contributed by atoms with van der Waals surface area (Å²) in [6, 6.07) is 0.497. The lowest BCUT2D eigenvalue weighted by Gasteiger charge is -2.19. The molecule has 82 valence electrons. The predicted octanol–water partition coefficient (Wildman–Crippen LogP) is 2.36. The van der Waals surface area contributed by atoms with Gasteiger partial charge in [0.2, 0.25) is 0 Å². The Morgan fingerprint density at radius 1 is 1.57 bits per heavy atom. The topological polar surface area (TPSA) is 21.3 Å². The SMILES string of the molecule is CCCNC(C)/C=C/C1CCCOC1. The molecule has 0 aromatic rings. The molecular formula is C12H23NO. The molecule has 2 unspecified atom stereocenters. The van der Waals surface area contributed by atoms with Crippen molar-refractivity contribution in [3.05, 3.63) is 12.2 Å². The van der Waals surface area contributed by atoms with Crippen molar-refractivity contribution < 1.29 is 4.74 Å². The minimum Gasteiger partial charge on any atom is -0.381 e. The summed E-state index contributed by atoms with van der Waals surface area (Å²) in [5.74, 6) is 0.648. The summed E-state index contributed by atoms with van der Waals surface area (Å²) >= 11 is 0.